The van der Waals surface area contributed by atoms with Gasteiger partial charge in [-0.3, -0.25) is 0 Å². The molecule has 0 radical (unpaired) electrons. The molecule has 6 aromatic carbocycles. The van der Waals surface area contributed by atoms with Crippen molar-refractivity contribution in [3.05, 3.63) is 133 Å². The van der Waals surface area contributed by atoms with Gasteiger partial charge in [-0.15, -0.1) is 22.7 Å². The molecule has 0 fully saturated rings. The highest BCUT2D eigenvalue weighted by Crippen LogP contribution is 2.42. The Morgan fingerprint density at radius 1 is 0.426 bits per heavy atom. The summed E-state index contributed by atoms with van der Waals surface area (Å²) in [6, 6.07) is 45.9. The average Bonchev–Trinajstić information content (AvgIpc) is 3.84. The first-order chi connectivity index (χ1) is 23.2. The van der Waals surface area contributed by atoms with Crippen LogP contribution in [0.25, 0.3) is 97.1 Å². The molecule has 0 aliphatic carbocycles. The summed E-state index contributed by atoms with van der Waals surface area (Å²) >= 11 is 3.56. The first kappa shape index (κ1) is 26.5. The molecule has 220 valence electrons. The first-order valence-electron chi connectivity index (χ1n) is 15.3. The highest BCUT2D eigenvalue weighted by Gasteiger charge is 2.19. The van der Waals surface area contributed by atoms with Crippen LogP contribution >= 0.6 is 22.7 Å². The van der Waals surface area contributed by atoms with Gasteiger partial charge < -0.3 is 4.42 Å². The monoisotopic (exact) mass is 638 g/mol. The van der Waals surface area contributed by atoms with Crippen LogP contribution in [0.15, 0.2) is 138 Å². The van der Waals surface area contributed by atoms with Crippen molar-refractivity contribution in [1.82, 2.24) is 19.9 Å². The summed E-state index contributed by atoms with van der Waals surface area (Å²) in [7, 11) is 0. The van der Waals surface area contributed by atoms with Gasteiger partial charge in [-0.1, -0.05) is 84.9 Å². The van der Waals surface area contributed by atoms with E-state index in [0.29, 0.717) is 23.4 Å². The number of rotatable bonds is 4. The lowest BCUT2D eigenvalue weighted by molar-refractivity contribution is 0.620. The Kier molecular flexibility index (Phi) is 5.85. The standard InChI is InChI=1S/C40H22N4OS2/c1-2-9-23(10-3-1)37-42-38(24-17-19-27-26-11-4-7-15-32(26)47-35(27)22-24)44-39(43-37)28-12-8-16-34-36(28)29-21-25(18-20-33(29)46-34)40-41-30-13-5-6-14-31(30)45-40/h1-22H. The van der Waals surface area contributed by atoms with Crippen molar-refractivity contribution in [2.75, 3.05) is 0 Å². The minimum Gasteiger partial charge on any atom is -0.436 e. The average molecular weight is 639 g/mol. The molecule has 0 saturated carbocycles. The SMILES string of the molecule is c1ccc(-c2nc(-c3ccc4c(c3)sc3ccccc34)nc(-c3cccc4sc5ccc(-c6nc7ccccc7o6)cc5c34)n2)cc1. The number of thiophene rings is 2. The second-order valence-corrected chi connectivity index (χ2v) is 13.6. The van der Waals surface area contributed by atoms with Crippen molar-refractivity contribution in [2.45, 2.75) is 0 Å². The van der Waals surface area contributed by atoms with Gasteiger partial charge in [0.25, 0.3) is 0 Å². The van der Waals surface area contributed by atoms with Crippen molar-refractivity contribution in [3.8, 4) is 45.6 Å². The molecule has 0 saturated heterocycles. The lowest BCUT2D eigenvalue weighted by Crippen LogP contribution is -2.00. The minimum atomic E-state index is 0.607. The van der Waals surface area contributed by atoms with Gasteiger partial charge in [-0.05, 0) is 48.5 Å². The predicted molar refractivity (Wildman–Crippen MR) is 195 cm³/mol. The number of hydrogen-bond donors (Lipinski definition) is 0. The van der Waals surface area contributed by atoms with Crippen LogP contribution in [0, 0.1) is 0 Å². The maximum Gasteiger partial charge on any atom is 0.227 e. The summed E-state index contributed by atoms with van der Waals surface area (Å²) in [4.78, 5) is 20.1. The molecule has 0 bridgehead atoms. The molecule has 0 unspecified atom stereocenters. The Balaban J connectivity index is 1.19. The Labute approximate surface area is 276 Å². The van der Waals surface area contributed by atoms with Gasteiger partial charge in [0.1, 0.15) is 5.52 Å². The lowest BCUT2D eigenvalue weighted by atomic mass is 10.0. The fourth-order valence-electron chi connectivity index (χ4n) is 6.35. The van der Waals surface area contributed by atoms with Crippen LogP contribution in [0.2, 0.25) is 0 Å². The van der Waals surface area contributed by atoms with E-state index in [1.807, 2.05) is 54.6 Å². The van der Waals surface area contributed by atoms with Gasteiger partial charge in [0.15, 0.2) is 23.1 Å². The molecule has 4 aromatic heterocycles. The second kappa shape index (κ2) is 10.4. The quantitative estimate of drug-likeness (QED) is 0.192. The fourth-order valence-corrected chi connectivity index (χ4v) is 8.61. The van der Waals surface area contributed by atoms with Crippen LogP contribution in [-0.4, -0.2) is 19.9 Å². The molecule has 4 heterocycles. The molecule has 0 spiro atoms. The number of para-hydroxylation sites is 2. The van der Waals surface area contributed by atoms with E-state index >= 15 is 0 Å². The van der Waals surface area contributed by atoms with Gasteiger partial charge in [-0.25, -0.2) is 19.9 Å². The van der Waals surface area contributed by atoms with E-state index in [9.17, 15) is 0 Å². The molecule has 7 heteroatoms. The van der Waals surface area contributed by atoms with E-state index in [2.05, 4.69) is 78.9 Å². The molecule has 0 aliphatic heterocycles. The normalized spacial score (nSPS) is 11.8. The van der Waals surface area contributed by atoms with Crippen molar-refractivity contribution in [2.24, 2.45) is 0 Å². The van der Waals surface area contributed by atoms with E-state index in [-0.39, 0.29) is 0 Å². The molecule has 5 nitrogen and oxygen atoms in total. The third-order valence-corrected chi connectivity index (χ3v) is 10.9. The smallest absolute Gasteiger partial charge is 0.227 e. The molecular formula is C40H22N4OS2. The molecule has 0 atom stereocenters. The third kappa shape index (κ3) is 4.35. The maximum atomic E-state index is 6.15. The molecular weight excluding hydrogens is 617 g/mol. The molecule has 10 rings (SSSR count). The maximum absolute atomic E-state index is 6.15. The number of hydrogen-bond acceptors (Lipinski definition) is 7. The number of benzene rings is 6. The molecule has 0 N–H and O–H groups in total. The Hall–Kier alpha value is -5.76. The van der Waals surface area contributed by atoms with Crippen LogP contribution in [-0.2, 0) is 0 Å². The molecule has 10 aromatic rings. The topological polar surface area (TPSA) is 64.7 Å². The number of nitrogens with zero attached hydrogens (tertiary/aromatic N) is 4. The minimum absolute atomic E-state index is 0.607. The van der Waals surface area contributed by atoms with Gasteiger partial charge in [0.05, 0.1) is 0 Å². The number of oxazole rings is 1. The zero-order chi connectivity index (χ0) is 30.9. The van der Waals surface area contributed by atoms with Crippen LogP contribution in [0.1, 0.15) is 0 Å². The van der Waals surface area contributed by atoms with E-state index < -0.39 is 0 Å². The number of fused-ring (bicyclic) bond motifs is 7. The van der Waals surface area contributed by atoms with E-state index in [1.165, 1.54) is 29.6 Å². The Morgan fingerprint density at radius 3 is 2.04 bits per heavy atom. The third-order valence-electron chi connectivity index (χ3n) is 8.58. The highest BCUT2D eigenvalue weighted by atomic mass is 32.1. The Bertz CT molecular complexity index is 2780. The van der Waals surface area contributed by atoms with Crippen LogP contribution < -0.4 is 0 Å². The van der Waals surface area contributed by atoms with E-state index in [1.54, 1.807) is 22.7 Å². The van der Waals surface area contributed by atoms with Crippen molar-refractivity contribution in [3.63, 3.8) is 0 Å². The van der Waals surface area contributed by atoms with Gasteiger partial charge >= 0.3 is 0 Å². The summed E-state index contributed by atoms with van der Waals surface area (Å²) in [6.45, 7) is 0. The van der Waals surface area contributed by atoms with E-state index in [4.69, 9.17) is 24.4 Å². The van der Waals surface area contributed by atoms with Crippen LogP contribution in [0.5, 0.6) is 0 Å². The highest BCUT2D eigenvalue weighted by molar-refractivity contribution is 7.26. The Morgan fingerprint density at radius 2 is 1.13 bits per heavy atom. The zero-order valence-electron chi connectivity index (χ0n) is 24.7. The molecule has 0 aliphatic rings. The van der Waals surface area contributed by atoms with Gasteiger partial charge in [-0.2, -0.15) is 0 Å². The predicted octanol–water partition coefficient (Wildman–Crippen LogP) is 11.4. The van der Waals surface area contributed by atoms with Crippen molar-refractivity contribution >= 4 is 74.1 Å². The van der Waals surface area contributed by atoms with Crippen LogP contribution in [0.4, 0.5) is 0 Å². The first-order valence-corrected chi connectivity index (χ1v) is 16.9. The summed E-state index contributed by atoms with van der Waals surface area (Å²) in [5.41, 5.74) is 5.43. The lowest BCUT2D eigenvalue weighted by Gasteiger charge is -2.10. The van der Waals surface area contributed by atoms with Crippen molar-refractivity contribution < 1.29 is 4.42 Å². The summed E-state index contributed by atoms with van der Waals surface area (Å²) in [5, 5.41) is 4.75. The summed E-state index contributed by atoms with van der Waals surface area (Å²) < 4.78 is 11.0. The van der Waals surface area contributed by atoms with Crippen molar-refractivity contribution in [1.29, 1.82) is 0 Å². The largest absolute Gasteiger partial charge is 0.436 e. The van der Waals surface area contributed by atoms with E-state index in [0.717, 1.165) is 44.1 Å². The van der Waals surface area contributed by atoms with Gasteiger partial charge in [0.2, 0.25) is 5.89 Å². The van der Waals surface area contributed by atoms with Crippen LogP contribution in [0.3, 0.4) is 0 Å². The number of aromatic nitrogens is 4. The zero-order valence-corrected chi connectivity index (χ0v) is 26.3. The molecule has 0 amide bonds. The fraction of sp³-hybridized carbons (Fsp3) is 0. The summed E-state index contributed by atoms with van der Waals surface area (Å²) in [5.74, 6) is 2.54. The summed E-state index contributed by atoms with van der Waals surface area (Å²) in [6.07, 6.45) is 0. The van der Waals surface area contributed by atoms with Gasteiger partial charge in [0, 0.05) is 62.6 Å². The molecule has 47 heavy (non-hydrogen) atoms. The second-order valence-electron chi connectivity index (χ2n) is 11.5.